The van der Waals surface area contributed by atoms with Crippen molar-refractivity contribution in [3.05, 3.63) is 17.0 Å². The first-order chi connectivity index (χ1) is 10.5. The molecule has 0 saturated heterocycles. The summed E-state index contributed by atoms with van der Waals surface area (Å²) in [6.07, 6.45) is 6.52. The van der Waals surface area contributed by atoms with Crippen molar-refractivity contribution in [2.45, 2.75) is 65.5 Å². The third-order valence-electron chi connectivity index (χ3n) is 5.02. The predicted octanol–water partition coefficient (Wildman–Crippen LogP) is 2.67. The van der Waals surface area contributed by atoms with Gasteiger partial charge in [0.1, 0.15) is 0 Å². The van der Waals surface area contributed by atoms with Crippen LogP contribution in [0.5, 0.6) is 0 Å². The molecule has 124 valence electrons. The predicted molar refractivity (Wildman–Crippen MR) is 92.1 cm³/mol. The molecule has 1 aliphatic carbocycles. The van der Waals surface area contributed by atoms with Crippen molar-refractivity contribution in [2.75, 3.05) is 7.05 Å². The van der Waals surface area contributed by atoms with Crippen molar-refractivity contribution in [3.8, 4) is 0 Å². The zero-order chi connectivity index (χ0) is 16.1. The molecule has 1 saturated carbocycles. The van der Waals surface area contributed by atoms with E-state index in [1.165, 1.54) is 43.4 Å². The summed E-state index contributed by atoms with van der Waals surface area (Å²) in [6, 6.07) is 0.556. The zero-order valence-electron chi connectivity index (χ0n) is 14.7. The summed E-state index contributed by atoms with van der Waals surface area (Å²) in [5.41, 5.74) is 3.57. The van der Waals surface area contributed by atoms with Crippen LogP contribution in [0.15, 0.2) is 4.99 Å². The molecule has 2 rings (SSSR count). The highest BCUT2D eigenvalue weighted by molar-refractivity contribution is 5.80. The van der Waals surface area contributed by atoms with Crippen LogP contribution in [0.3, 0.4) is 0 Å². The smallest absolute Gasteiger partial charge is 0.191 e. The Morgan fingerprint density at radius 2 is 2.14 bits per heavy atom. The molecule has 1 heterocycles. The second-order valence-electron chi connectivity index (χ2n) is 6.48. The lowest BCUT2D eigenvalue weighted by Gasteiger charge is -2.30. The van der Waals surface area contributed by atoms with Crippen LogP contribution >= 0.6 is 0 Å². The number of hydrogen-bond donors (Lipinski definition) is 2. The summed E-state index contributed by atoms with van der Waals surface area (Å²) < 4.78 is 1.94. The molecule has 2 unspecified atom stereocenters. The van der Waals surface area contributed by atoms with E-state index in [1.807, 2.05) is 18.8 Å². The second kappa shape index (κ2) is 7.65. The van der Waals surface area contributed by atoms with Gasteiger partial charge in [0.15, 0.2) is 5.96 Å². The molecule has 5 nitrogen and oxygen atoms in total. The number of aryl methyl sites for hydroxylation is 2. The van der Waals surface area contributed by atoms with Crippen molar-refractivity contribution in [1.29, 1.82) is 0 Å². The number of aliphatic imine (C=N–C) groups is 1. The maximum absolute atomic E-state index is 4.47. The maximum atomic E-state index is 4.47. The van der Waals surface area contributed by atoms with Gasteiger partial charge in [-0.1, -0.05) is 26.2 Å². The Bertz CT molecular complexity index is 517. The van der Waals surface area contributed by atoms with E-state index < -0.39 is 0 Å². The Morgan fingerprint density at radius 1 is 1.36 bits per heavy atom. The Hall–Kier alpha value is -1.52. The number of aromatic nitrogens is 2. The van der Waals surface area contributed by atoms with Gasteiger partial charge in [0.25, 0.3) is 0 Å². The Morgan fingerprint density at radius 3 is 2.73 bits per heavy atom. The van der Waals surface area contributed by atoms with Crippen molar-refractivity contribution in [2.24, 2.45) is 18.0 Å². The van der Waals surface area contributed by atoms with Crippen LogP contribution in [0.2, 0.25) is 0 Å². The van der Waals surface area contributed by atoms with Crippen LogP contribution in [-0.4, -0.2) is 28.8 Å². The molecule has 0 aromatic carbocycles. The molecule has 0 spiro atoms. The van der Waals surface area contributed by atoms with Crippen molar-refractivity contribution in [3.63, 3.8) is 0 Å². The minimum Gasteiger partial charge on any atom is -0.354 e. The average molecular weight is 305 g/mol. The summed E-state index contributed by atoms with van der Waals surface area (Å²) in [4.78, 5) is 4.38. The largest absolute Gasteiger partial charge is 0.354 e. The first-order valence-corrected chi connectivity index (χ1v) is 8.51. The molecule has 0 amide bonds. The van der Waals surface area contributed by atoms with E-state index in [1.54, 1.807) is 0 Å². The van der Waals surface area contributed by atoms with Crippen LogP contribution < -0.4 is 10.6 Å². The molecule has 2 atom stereocenters. The van der Waals surface area contributed by atoms with Crippen molar-refractivity contribution >= 4 is 5.96 Å². The van der Waals surface area contributed by atoms with Crippen molar-refractivity contribution < 1.29 is 0 Å². The Labute approximate surface area is 134 Å². The Kier molecular flexibility index (Phi) is 5.86. The number of rotatable bonds is 4. The van der Waals surface area contributed by atoms with Crippen LogP contribution in [0, 0.1) is 19.8 Å². The molecule has 2 N–H and O–H groups in total. The van der Waals surface area contributed by atoms with E-state index in [0.717, 1.165) is 24.1 Å². The fourth-order valence-electron chi connectivity index (χ4n) is 3.43. The highest BCUT2D eigenvalue weighted by Gasteiger charge is 2.21. The first-order valence-electron chi connectivity index (χ1n) is 8.51. The number of nitrogens with zero attached hydrogens (tertiary/aromatic N) is 3. The van der Waals surface area contributed by atoms with Gasteiger partial charge < -0.3 is 10.6 Å². The van der Waals surface area contributed by atoms with E-state index in [-0.39, 0.29) is 0 Å². The van der Waals surface area contributed by atoms with Crippen LogP contribution in [0.4, 0.5) is 0 Å². The van der Waals surface area contributed by atoms with E-state index in [4.69, 9.17) is 0 Å². The normalized spacial score (nSPS) is 22.7. The Balaban J connectivity index is 1.90. The molecule has 5 heteroatoms. The summed E-state index contributed by atoms with van der Waals surface area (Å²) in [7, 11) is 3.84. The van der Waals surface area contributed by atoms with Crippen LogP contribution in [-0.2, 0) is 13.6 Å². The molecular formula is C17H31N5. The first kappa shape index (κ1) is 16.8. The lowest BCUT2D eigenvalue weighted by atomic mass is 9.84. The summed E-state index contributed by atoms with van der Waals surface area (Å²) >= 11 is 0. The molecule has 1 aromatic heterocycles. The third-order valence-corrected chi connectivity index (χ3v) is 5.02. The van der Waals surface area contributed by atoms with Gasteiger partial charge in [-0.3, -0.25) is 9.67 Å². The summed E-state index contributed by atoms with van der Waals surface area (Å²) in [5, 5.41) is 11.5. The van der Waals surface area contributed by atoms with Gasteiger partial charge in [-0.25, -0.2) is 0 Å². The maximum Gasteiger partial charge on any atom is 0.191 e. The van der Waals surface area contributed by atoms with E-state index in [2.05, 4.69) is 41.5 Å². The average Bonchev–Trinajstić information content (AvgIpc) is 2.77. The van der Waals surface area contributed by atoms with Gasteiger partial charge in [0, 0.05) is 37.9 Å². The quantitative estimate of drug-likeness (QED) is 0.664. The third kappa shape index (κ3) is 4.02. The van der Waals surface area contributed by atoms with Gasteiger partial charge in [-0.05, 0) is 32.6 Å². The van der Waals surface area contributed by atoms with Gasteiger partial charge in [0.05, 0.1) is 5.69 Å². The van der Waals surface area contributed by atoms with Gasteiger partial charge in [-0.2, -0.15) is 5.10 Å². The minimum atomic E-state index is 0.556. The summed E-state index contributed by atoms with van der Waals surface area (Å²) in [6.45, 7) is 7.25. The lowest BCUT2D eigenvalue weighted by Crippen LogP contribution is -2.45. The highest BCUT2D eigenvalue weighted by Crippen LogP contribution is 2.26. The van der Waals surface area contributed by atoms with Gasteiger partial charge in [0.2, 0.25) is 0 Å². The molecule has 1 aliphatic rings. The lowest BCUT2D eigenvalue weighted by molar-refractivity contribution is 0.298. The molecular weight excluding hydrogens is 274 g/mol. The van der Waals surface area contributed by atoms with E-state index >= 15 is 0 Å². The molecule has 1 fully saturated rings. The standard InChI is InChI=1S/C17H31N5/c1-6-14-8-7-9-15(10-14)20-17(18-4)19-11-16-12(2)21-22(5)13(16)3/h14-15H,6-11H2,1-5H3,(H2,18,19,20). The topological polar surface area (TPSA) is 54.2 Å². The van der Waals surface area contributed by atoms with E-state index in [0.29, 0.717) is 6.04 Å². The van der Waals surface area contributed by atoms with E-state index in [9.17, 15) is 0 Å². The molecule has 1 aromatic rings. The number of nitrogens with one attached hydrogen (secondary N) is 2. The summed E-state index contributed by atoms with van der Waals surface area (Å²) in [5.74, 6) is 1.77. The second-order valence-corrected chi connectivity index (χ2v) is 6.48. The monoisotopic (exact) mass is 305 g/mol. The van der Waals surface area contributed by atoms with Crippen LogP contribution in [0.25, 0.3) is 0 Å². The molecule has 0 aliphatic heterocycles. The number of hydrogen-bond acceptors (Lipinski definition) is 2. The fraction of sp³-hybridized carbons (Fsp3) is 0.765. The zero-order valence-corrected chi connectivity index (χ0v) is 14.7. The molecule has 0 bridgehead atoms. The molecule has 22 heavy (non-hydrogen) atoms. The fourth-order valence-corrected chi connectivity index (χ4v) is 3.43. The highest BCUT2D eigenvalue weighted by atomic mass is 15.3. The number of guanidine groups is 1. The van der Waals surface area contributed by atoms with Crippen molar-refractivity contribution in [1.82, 2.24) is 20.4 Å². The SMILES string of the molecule is CCC1CCCC(NC(=NC)NCc2c(C)nn(C)c2C)C1. The minimum absolute atomic E-state index is 0.556. The van der Waals surface area contributed by atoms with Gasteiger partial charge >= 0.3 is 0 Å². The van der Waals surface area contributed by atoms with Crippen LogP contribution in [0.1, 0.15) is 56.0 Å². The molecule has 0 radical (unpaired) electrons. The van der Waals surface area contributed by atoms with Gasteiger partial charge in [-0.15, -0.1) is 0 Å².